The smallest absolute Gasteiger partial charge is 0.276 e. The van der Waals surface area contributed by atoms with Crippen molar-refractivity contribution in [3.05, 3.63) is 63.8 Å². The zero-order valence-electron chi connectivity index (χ0n) is 15.0. The van der Waals surface area contributed by atoms with E-state index >= 15 is 0 Å². The topological polar surface area (TPSA) is 50.8 Å². The number of rotatable bonds is 6. The molecule has 2 aromatic carbocycles. The van der Waals surface area contributed by atoms with Crippen molar-refractivity contribution in [3.63, 3.8) is 0 Å². The molecule has 2 aromatic rings. The summed E-state index contributed by atoms with van der Waals surface area (Å²) in [6.07, 6.45) is 1.75. The highest BCUT2D eigenvalue weighted by molar-refractivity contribution is 9.10. The van der Waals surface area contributed by atoms with Crippen LogP contribution in [0.3, 0.4) is 0 Å². The molecule has 0 spiro atoms. The summed E-state index contributed by atoms with van der Waals surface area (Å²) in [5.41, 5.74) is 2.32. The molecule has 1 aliphatic rings. The molecule has 1 saturated heterocycles. The van der Waals surface area contributed by atoms with E-state index in [2.05, 4.69) is 21.2 Å². The summed E-state index contributed by atoms with van der Waals surface area (Å²) in [5, 5.41) is 3.31. The summed E-state index contributed by atoms with van der Waals surface area (Å²) in [6.45, 7) is 2.87. The molecular weight excluding hydrogens is 428 g/mol. The number of likely N-dealkylation sites (N-methyl/N-ethyl adjacent to an activating group) is 1. The number of carbonyl (C=O) groups excluding carboxylic acids is 1. The summed E-state index contributed by atoms with van der Waals surface area (Å²) in [4.78, 5) is 13.5. The minimum atomic E-state index is -0.159. The van der Waals surface area contributed by atoms with Crippen LogP contribution in [0.1, 0.15) is 18.1 Å². The molecule has 5 nitrogen and oxygen atoms in total. The summed E-state index contributed by atoms with van der Waals surface area (Å²) < 4.78 is 12.7. The Balaban J connectivity index is 1.79. The Labute approximate surface area is 172 Å². The van der Waals surface area contributed by atoms with Gasteiger partial charge in [0.05, 0.1) is 6.61 Å². The normalized spacial score (nSPS) is 15.2. The molecule has 0 unspecified atom stereocenters. The predicted octanol–water partition coefficient (Wildman–Crippen LogP) is 4.11. The molecule has 7 heteroatoms. The van der Waals surface area contributed by atoms with Gasteiger partial charge in [-0.2, -0.15) is 0 Å². The van der Waals surface area contributed by atoms with Crippen LogP contribution < -0.4 is 14.8 Å². The summed E-state index contributed by atoms with van der Waals surface area (Å²) in [5.74, 6) is 1.12. The molecule has 1 N–H and O–H groups in total. The summed E-state index contributed by atoms with van der Waals surface area (Å²) in [7, 11) is 1.64. The van der Waals surface area contributed by atoms with Crippen molar-refractivity contribution in [2.24, 2.45) is 0 Å². The molecule has 1 aliphatic heterocycles. The second-order valence-corrected chi connectivity index (χ2v) is 7.21. The highest BCUT2D eigenvalue weighted by Gasteiger charge is 2.27. The van der Waals surface area contributed by atoms with E-state index in [1.807, 2.05) is 49.4 Å². The highest BCUT2D eigenvalue weighted by atomic mass is 79.9. The van der Waals surface area contributed by atoms with Crippen molar-refractivity contribution in [3.8, 4) is 11.5 Å². The maximum absolute atomic E-state index is 12.1. The number of nitrogens with zero attached hydrogens (tertiary/aromatic N) is 1. The number of hydrogen-bond donors (Lipinski definition) is 1. The van der Waals surface area contributed by atoms with Gasteiger partial charge in [0, 0.05) is 11.5 Å². The van der Waals surface area contributed by atoms with Crippen LogP contribution in [-0.4, -0.2) is 29.6 Å². The van der Waals surface area contributed by atoms with E-state index in [1.54, 1.807) is 13.1 Å². The Bertz CT molecular complexity index is 897. The van der Waals surface area contributed by atoms with Gasteiger partial charge in [0.15, 0.2) is 16.6 Å². The molecule has 0 aromatic heterocycles. The summed E-state index contributed by atoms with van der Waals surface area (Å²) >= 11 is 8.52. The minimum Gasteiger partial charge on any atom is -0.490 e. The fourth-order valence-electron chi connectivity index (χ4n) is 2.53. The first kappa shape index (κ1) is 19.4. The monoisotopic (exact) mass is 446 g/mol. The largest absolute Gasteiger partial charge is 0.490 e. The molecule has 3 rings (SSSR count). The lowest BCUT2D eigenvalue weighted by molar-refractivity contribution is -0.121. The molecule has 1 fully saturated rings. The second kappa shape index (κ2) is 8.54. The van der Waals surface area contributed by atoms with Crippen molar-refractivity contribution >= 4 is 45.2 Å². The molecule has 0 saturated carbocycles. The van der Waals surface area contributed by atoms with Gasteiger partial charge in [-0.25, -0.2) is 0 Å². The first-order valence-corrected chi connectivity index (χ1v) is 9.63. The molecular formula is C20H19BrN2O3S. The van der Waals surface area contributed by atoms with Gasteiger partial charge in [-0.3, -0.25) is 9.69 Å². The molecule has 27 heavy (non-hydrogen) atoms. The van der Waals surface area contributed by atoms with Crippen molar-refractivity contribution in [1.29, 1.82) is 0 Å². The van der Waals surface area contributed by atoms with Crippen molar-refractivity contribution < 1.29 is 14.3 Å². The third-order valence-electron chi connectivity index (χ3n) is 3.97. The fourth-order valence-corrected chi connectivity index (χ4v) is 2.99. The zero-order valence-corrected chi connectivity index (χ0v) is 17.4. The SMILES string of the molecule is CCOc1cc(C=C2NC(=S)N(C)C2=O)ccc1OCc1ccc(Br)cc1. The highest BCUT2D eigenvalue weighted by Crippen LogP contribution is 2.30. The van der Waals surface area contributed by atoms with E-state index in [0.717, 1.165) is 15.6 Å². The molecule has 0 atom stereocenters. The molecule has 1 amide bonds. The van der Waals surface area contributed by atoms with Gasteiger partial charge < -0.3 is 14.8 Å². The number of hydrogen-bond acceptors (Lipinski definition) is 4. The van der Waals surface area contributed by atoms with Crippen LogP contribution in [0.15, 0.2) is 52.6 Å². The number of benzene rings is 2. The second-order valence-electron chi connectivity index (χ2n) is 5.91. The van der Waals surface area contributed by atoms with Crippen LogP contribution in [0, 0.1) is 0 Å². The Kier molecular flexibility index (Phi) is 6.13. The lowest BCUT2D eigenvalue weighted by Crippen LogP contribution is -2.25. The number of halogens is 1. The number of amides is 1. The Hall–Kier alpha value is -2.38. The van der Waals surface area contributed by atoms with Crippen molar-refractivity contribution in [1.82, 2.24) is 10.2 Å². The van der Waals surface area contributed by atoms with E-state index < -0.39 is 0 Å². The molecule has 0 bridgehead atoms. The van der Waals surface area contributed by atoms with Crippen LogP contribution in [0.2, 0.25) is 0 Å². The van der Waals surface area contributed by atoms with Gasteiger partial charge in [0.25, 0.3) is 5.91 Å². The average Bonchev–Trinajstić information content (AvgIpc) is 2.89. The minimum absolute atomic E-state index is 0.159. The third-order valence-corrected chi connectivity index (χ3v) is 4.87. The maximum atomic E-state index is 12.1. The van der Waals surface area contributed by atoms with Crippen LogP contribution in [0.4, 0.5) is 0 Å². The molecule has 140 valence electrons. The molecule has 1 heterocycles. The van der Waals surface area contributed by atoms with Crippen LogP contribution in [0.5, 0.6) is 11.5 Å². The van der Waals surface area contributed by atoms with E-state index in [1.165, 1.54) is 4.90 Å². The van der Waals surface area contributed by atoms with Crippen LogP contribution in [0.25, 0.3) is 6.08 Å². The zero-order chi connectivity index (χ0) is 19.4. The number of ether oxygens (including phenoxy) is 2. The lowest BCUT2D eigenvalue weighted by Gasteiger charge is -2.13. The van der Waals surface area contributed by atoms with E-state index in [0.29, 0.717) is 35.5 Å². The standard InChI is InChI=1S/C20H19BrN2O3S/c1-3-25-18-11-14(10-16-19(24)23(2)20(27)22-16)6-9-17(18)26-12-13-4-7-15(21)8-5-13/h4-11H,3,12H2,1-2H3,(H,22,27). The van der Waals surface area contributed by atoms with E-state index in [-0.39, 0.29) is 5.91 Å². The first-order chi connectivity index (χ1) is 13.0. The maximum Gasteiger partial charge on any atom is 0.276 e. The van der Waals surface area contributed by atoms with Gasteiger partial charge in [0.1, 0.15) is 12.3 Å². The first-order valence-electron chi connectivity index (χ1n) is 8.42. The van der Waals surface area contributed by atoms with Gasteiger partial charge in [-0.15, -0.1) is 0 Å². The number of nitrogens with one attached hydrogen (secondary N) is 1. The van der Waals surface area contributed by atoms with Gasteiger partial charge in [0.2, 0.25) is 0 Å². The number of thiocarbonyl (C=S) groups is 1. The molecule has 0 aliphatic carbocycles. The fraction of sp³-hybridized carbons (Fsp3) is 0.200. The Morgan fingerprint density at radius 2 is 1.89 bits per heavy atom. The van der Waals surface area contributed by atoms with Crippen LogP contribution in [-0.2, 0) is 11.4 Å². The van der Waals surface area contributed by atoms with Gasteiger partial charge in [-0.1, -0.05) is 34.1 Å². The molecule has 0 radical (unpaired) electrons. The van der Waals surface area contributed by atoms with Gasteiger partial charge >= 0.3 is 0 Å². The third kappa shape index (κ3) is 4.67. The van der Waals surface area contributed by atoms with Crippen LogP contribution >= 0.6 is 28.1 Å². The Morgan fingerprint density at radius 3 is 2.52 bits per heavy atom. The van der Waals surface area contributed by atoms with Gasteiger partial charge in [-0.05, 0) is 60.6 Å². The van der Waals surface area contributed by atoms with Crippen molar-refractivity contribution in [2.75, 3.05) is 13.7 Å². The quantitative estimate of drug-likeness (QED) is 0.534. The van der Waals surface area contributed by atoms with E-state index in [9.17, 15) is 4.79 Å². The van der Waals surface area contributed by atoms with Crippen molar-refractivity contribution in [2.45, 2.75) is 13.5 Å². The average molecular weight is 447 g/mol. The number of carbonyl (C=O) groups is 1. The lowest BCUT2D eigenvalue weighted by atomic mass is 10.1. The predicted molar refractivity (Wildman–Crippen MR) is 113 cm³/mol. The summed E-state index contributed by atoms with van der Waals surface area (Å²) in [6, 6.07) is 13.5. The van der Waals surface area contributed by atoms with E-state index in [4.69, 9.17) is 21.7 Å². The Morgan fingerprint density at radius 1 is 1.15 bits per heavy atom.